The van der Waals surface area contributed by atoms with Gasteiger partial charge in [0.15, 0.2) is 5.54 Å². The number of carboxylic acids is 1. The standard InChI is InChI=1S/C17H15N3O4/c1-11-3-6-13(9-15(11)20(23)24)17(2,16(21)22)19-14-7-4-12(10-18)5-8-14/h3-9,19H,1-2H3,(H,21,22). The number of aliphatic carboxylic acids is 1. The van der Waals surface area contributed by atoms with Crippen LogP contribution in [0.2, 0.25) is 0 Å². The van der Waals surface area contributed by atoms with E-state index in [9.17, 15) is 20.0 Å². The number of nitriles is 1. The van der Waals surface area contributed by atoms with Gasteiger partial charge < -0.3 is 10.4 Å². The van der Waals surface area contributed by atoms with Crippen LogP contribution in [-0.2, 0) is 10.3 Å². The Morgan fingerprint density at radius 1 is 1.29 bits per heavy atom. The van der Waals surface area contributed by atoms with E-state index in [-0.39, 0.29) is 11.3 Å². The van der Waals surface area contributed by atoms with Crippen LogP contribution in [0.5, 0.6) is 0 Å². The van der Waals surface area contributed by atoms with Crippen LogP contribution in [0.25, 0.3) is 0 Å². The van der Waals surface area contributed by atoms with E-state index in [1.165, 1.54) is 19.1 Å². The molecule has 1 atom stereocenters. The number of carboxylic acid groups (broad SMARTS) is 1. The highest BCUT2D eigenvalue weighted by atomic mass is 16.6. The molecule has 2 aromatic rings. The number of nitro benzene ring substituents is 1. The first kappa shape index (κ1) is 17.0. The topological polar surface area (TPSA) is 116 Å². The molecule has 0 bridgehead atoms. The molecular weight excluding hydrogens is 310 g/mol. The van der Waals surface area contributed by atoms with Gasteiger partial charge in [0.25, 0.3) is 5.69 Å². The Bertz CT molecular complexity index is 840. The Kier molecular flexibility index (Phi) is 4.51. The number of rotatable bonds is 5. The quantitative estimate of drug-likeness (QED) is 0.644. The lowest BCUT2D eigenvalue weighted by Crippen LogP contribution is -2.40. The first-order valence-electron chi connectivity index (χ1n) is 7.05. The summed E-state index contributed by atoms with van der Waals surface area (Å²) >= 11 is 0. The van der Waals surface area contributed by atoms with E-state index < -0.39 is 16.4 Å². The summed E-state index contributed by atoms with van der Waals surface area (Å²) in [6.07, 6.45) is 0. The van der Waals surface area contributed by atoms with Gasteiger partial charge in [0.1, 0.15) is 0 Å². The second-order valence-corrected chi connectivity index (χ2v) is 5.50. The fraction of sp³-hybridized carbons (Fsp3) is 0.176. The maximum absolute atomic E-state index is 11.8. The van der Waals surface area contributed by atoms with Crippen molar-refractivity contribution in [3.63, 3.8) is 0 Å². The summed E-state index contributed by atoms with van der Waals surface area (Å²) in [5.41, 5.74) is -0.0501. The minimum absolute atomic E-state index is 0.137. The summed E-state index contributed by atoms with van der Waals surface area (Å²) in [7, 11) is 0. The molecule has 7 nitrogen and oxygen atoms in total. The fourth-order valence-electron chi connectivity index (χ4n) is 2.28. The van der Waals surface area contributed by atoms with Gasteiger partial charge in [-0.3, -0.25) is 10.1 Å². The predicted molar refractivity (Wildman–Crippen MR) is 87.6 cm³/mol. The van der Waals surface area contributed by atoms with E-state index in [1.54, 1.807) is 37.3 Å². The molecule has 0 radical (unpaired) electrons. The predicted octanol–water partition coefficient (Wildman–Crippen LogP) is 3.19. The van der Waals surface area contributed by atoms with Gasteiger partial charge in [-0.2, -0.15) is 5.26 Å². The number of hydrogen-bond acceptors (Lipinski definition) is 5. The zero-order valence-corrected chi connectivity index (χ0v) is 13.1. The van der Waals surface area contributed by atoms with Gasteiger partial charge in [-0.15, -0.1) is 0 Å². The number of anilines is 1. The van der Waals surface area contributed by atoms with Gasteiger partial charge >= 0.3 is 5.97 Å². The molecule has 0 saturated carbocycles. The van der Waals surface area contributed by atoms with Crippen molar-refractivity contribution in [3.8, 4) is 6.07 Å². The Morgan fingerprint density at radius 3 is 2.42 bits per heavy atom. The lowest BCUT2D eigenvalue weighted by Gasteiger charge is -2.28. The minimum Gasteiger partial charge on any atom is -0.479 e. The summed E-state index contributed by atoms with van der Waals surface area (Å²) < 4.78 is 0. The highest BCUT2D eigenvalue weighted by molar-refractivity contribution is 5.84. The van der Waals surface area contributed by atoms with E-state index in [0.29, 0.717) is 16.8 Å². The SMILES string of the molecule is Cc1ccc(C(C)(Nc2ccc(C#N)cc2)C(=O)O)cc1[N+](=O)[O-]. The second-order valence-electron chi connectivity index (χ2n) is 5.50. The van der Waals surface area contributed by atoms with Gasteiger partial charge in [0.05, 0.1) is 16.6 Å². The minimum atomic E-state index is -1.56. The third-order valence-electron chi connectivity index (χ3n) is 3.82. The van der Waals surface area contributed by atoms with Crippen molar-refractivity contribution in [2.24, 2.45) is 0 Å². The van der Waals surface area contributed by atoms with Crippen LogP contribution in [-0.4, -0.2) is 16.0 Å². The number of nitro groups is 1. The summed E-state index contributed by atoms with van der Waals surface area (Å²) in [6, 6.07) is 12.6. The Morgan fingerprint density at radius 2 is 1.92 bits per heavy atom. The molecule has 1 unspecified atom stereocenters. The largest absolute Gasteiger partial charge is 0.479 e. The van der Waals surface area contributed by atoms with Crippen LogP contribution in [0, 0.1) is 28.4 Å². The molecule has 122 valence electrons. The molecule has 0 spiro atoms. The molecule has 0 aliphatic rings. The van der Waals surface area contributed by atoms with Crippen molar-refractivity contribution in [2.75, 3.05) is 5.32 Å². The molecule has 7 heteroatoms. The molecule has 2 rings (SSSR count). The summed E-state index contributed by atoms with van der Waals surface area (Å²) in [6.45, 7) is 3.02. The van der Waals surface area contributed by atoms with Crippen LogP contribution in [0.1, 0.15) is 23.6 Å². The van der Waals surface area contributed by atoms with Crippen LogP contribution in [0.15, 0.2) is 42.5 Å². The summed E-state index contributed by atoms with van der Waals surface area (Å²) in [5.74, 6) is -1.18. The average molecular weight is 325 g/mol. The number of carbonyl (C=O) groups is 1. The van der Waals surface area contributed by atoms with Crippen LogP contribution >= 0.6 is 0 Å². The van der Waals surface area contributed by atoms with Crippen LogP contribution in [0.4, 0.5) is 11.4 Å². The molecule has 2 N–H and O–H groups in total. The first-order valence-corrected chi connectivity index (χ1v) is 7.05. The lowest BCUT2D eigenvalue weighted by molar-refractivity contribution is -0.385. The first-order chi connectivity index (χ1) is 11.3. The second kappa shape index (κ2) is 6.38. The van der Waals surface area contributed by atoms with Crippen molar-refractivity contribution in [3.05, 3.63) is 69.3 Å². The third-order valence-corrected chi connectivity index (χ3v) is 3.82. The third kappa shape index (κ3) is 3.17. The van der Waals surface area contributed by atoms with Gasteiger partial charge in [-0.25, -0.2) is 4.79 Å². The van der Waals surface area contributed by atoms with Crippen molar-refractivity contribution < 1.29 is 14.8 Å². The molecule has 2 aromatic carbocycles. The fourth-order valence-corrected chi connectivity index (χ4v) is 2.28. The van der Waals surface area contributed by atoms with E-state index in [1.807, 2.05) is 6.07 Å². The number of benzene rings is 2. The van der Waals surface area contributed by atoms with Crippen molar-refractivity contribution in [2.45, 2.75) is 19.4 Å². The number of aryl methyl sites for hydroxylation is 1. The summed E-state index contributed by atoms with van der Waals surface area (Å²) in [5, 5.41) is 32.5. The van der Waals surface area contributed by atoms with Gasteiger partial charge in [-0.05, 0) is 43.7 Å². The molecule has 0 amide bonds. The molecule has 24 heavy (non-hydrogen) atoms. The number of nitrogens with zero attached hydrogens (tertiary/aromatic N) is 2. The lowest BCUT2D eigenvalue weighted by atomic mass is 9.90. The summed E-state index contributed by atoms with van der Waals surface area (Å²) in [4.78, 5) is 22.4. The van der Waals surface area contributed by atoms with Gasteiger partial charge in [0.2, 0.25) is 0 Å². The van der Waals surface area contributed by atoms with Crippen molar-refractivity contribution in [1.29, 1.82) is 5.26 Å². The monoisotopic (exact) mass is 325 g/mol. The molecule has 0 aliphatic heterocycles. The van der Waals surface area contributed by atoms with E-state index in [4.69, 9.17) is 5.26 Å². The Hall–Kier alpha value is -3.40. The van der Waals surface area contributed by atoms with E-state index in [0.717, 1.165) is 0 Å². The molecule has 0 aromatic heterocycles. The maximum Gasteiger partial charge on any atom is 0.333 e. The zero-order valence-electron chi connectivity index (χ0n) is 13.1. The molecule has 0 heterocycles. The van der Waals surface area contributed by atoms with Crippen LogP contribution < -0.4 is 5.32 Å². The molecule has 0 fully saturated rings. The highest BCUT2D eigenvalue weighted by Gasteiger charge is 2.36. The Labute approximate surface area is 138 Å². The maximum atomic E-state index is 11.8. The Balaban J connectivity index is 2.47. The smallest absolute Gasteiger partial charge is 0.333 e. The normalized spacial score (nSPS) is 12.7. The highest BCUT2D eigenvalue weighted by Crippen LogP contribution is 2.30. The van der Waals surface area contributed by atoms with Gasteiger partial charge in [-0.1, -0.05) is 12.1 Å². The molecule has 0 saturated heterocycles. The number of nitrogens with one attached hydrogen (secondary N) is 1. The van der Waals surface area contributed by atoms with Crippen LogP contribution in [0.3, 0.4) is 0 Å². The van der Waals surface area contributed by atoms with E-state index in [2.05, 4.69) is 5.32 Å². The average Bonchev–Trinajstić information content (AvgIpc) is 2.55. The van der Waals surface area contributed by atoms with Crippen molar-refractivity contribution in [1.82, 2.24) is 0 Å². The molecular formula is C17H15N3O4. The number of hydrogen-bond donors (Lipinski definition) is 2. The van der Waals surface area contributed by atoms with Crippen molar-refractivity contribution >= 4 is 17.3 Å². The van der Waals surface area contributed by atoms with Gasteiger partial charge in [0, 0.05) is 17.3 Å². The van der Waals surface area contributed by atoms with E-state index >= 15 is 0 Å². The molecule has 0 aliphatic carbocycles. The zero-order chi connectivity index (χ0) is 17.9.